The Morgan fingerprint density at radius 1 is 0.446 bits per heavy atom. The molecule has 0 fully saturated rings. The van der Waals surface area contributed by atoms with Crippen LogP contribution in [0.25, 0.3) is 21.5 Å². The van der Waals surface area contributed by atoms with Crippen LogP contribution in [0.5, 0.6) is 0 Å². The number of hydrogen-bond donors (Lipinski definition) is 5. The van der Waals surface area contributed by atoms with Crippen LogP contribution >= 0.6 is 0 Å². The van der Waals surface area contributed by atoms with Crippen LogP contribution in [0.4, 0.5) is 42.9 Å². The Bertz CT molecular complexity index is 4600. The molecule has 0 saturated heterocycles. The Balaban J connectivity index is -0.000000647. The normalized spacial score (nSPS) is 9.57. The molecule has 0 aliphatic heterocycles. The van der Waals surface area contributed by atoms with Gasteiger partial charge in [-0.3, -0.25) is 41.4 Å². The van der Waals surface area contributed by atoms with E-state index in [2.05, 4.69) is 45.5 Å². The minimum atomic E-state index is -4.80. The number of nitro benzene ring substituents is 1. The van der Waals surface area contributed by atoms with Crippen LogP contribution in [0, 0.1) is 46.0 Å². The van der Waals surface area contributed by atoms with E-state index in [1.54, 1.807) is 12.1 Å². The number of non-ortho nitro benzene ring substituents is 1. The SMILES string of the molecule is Nc1cccc(C(=O)Nc2cc(C(=O)Nc3ccc(S(=O)(=O)[O-])c4c[c-]c[c-]c34)ccc2F)c1.O=C(Nc1cc(C(=O)Nc2ccc(S(=O)(=O)[O-])c3c[c-]c[c-]c23)ccc1F)c1cccc([N+](=O)[O-])c1.O=S(=O)=O.O=S(=O)=O.O=S(=O)=O.O=S(=O)=O.[Na+].[Na+].[Na+].[Na+].[Na+].[Na+]. The van der Waals surface area contributed by atoms with Crippen LogP contribution in [0.3, 0.4) is 0 Å². The summed E-state index contributed by atoms with van der Waals surface area (Å²) in [6.07, 6.45) is 0. The number of nitrogens with two attached hydrogens (primary N) is 1. The average Bonchev–Trinajstić information content (AvgIpc) is 0.874. The van der Waals surface area contributed by atoms with E-state index in [-0.39, 0.29) is 250 Å². The quantitative estimate of drug-likeness (QED) is 0.0200. The van der Waals surface area contributed by atoms with Gasteiger partial charge < -0.3 is 72.5 Å². The fourth-order valence-corrected chi connectivity index (χ4v) is 7.99. The third-order valence-corrected chi connectivity index (χ3v) is 11.7. The second-order valence-corrected chi connectivity index (χ2v) is 19.7. The van der Waals surface area contributed by atoms with Crippen LogP contribution in [-0.2, 0) is 62.7 Å². The number of carbonyl (C=O) groups excluding carboxylic acids is 4. The molecule has 0 bridgehead atoms. The van der Waals surface area contributed by atoms with Gasteiger partial charge in [-0.2, -0.15) is 0 Å². The van der Waals surface area contributed by atoms with E-state index < -0.39 is 113 Å². The minimum Gasteiger partial charge on any atom is -0.746 e. The molecular formula is C48H28F2N6Na6O24S6. The summed E-state index contributed by atoms with van der Waals surface area (Å²) < 4.78 is 199. The van der Waals surface area contributed by atoms with Gasteiger partial charge in [-0.15, -0.1) is 50.5 Å². The summed E-state index contributed by atoms with van der Waals surface area (Å²) in [5.41, 5.74) is 5.50. The van der Waals surface area contributed by atoms with Gasteiger partial charge in [0.25, 0.3) is 29.3 Å². The molecule has 8 aromatic carbocycles. The molecular weight excluding hydrogens is 1410 g/mol. The van der Waals surface area contributed by atoms with Crippen molar-refractivity contribution in [2.24, 2.45) is 0 Å². The molecule has 4 amide bonds. The van der Waals surface area contributed by atoms with Crippen molar-refractivity contribution >= 4 is 142 Å². The van der Waals surface area contributed by atoms with E-state index in [1.807, 2.05) is 0 Å². The molecule has 0 aliphatic carbocycles. The number of nitrogen functional groups attached to an aromatic ring is 1. The summed E-state index contributed by atoms with van der Waals surface area (Å²) in [6.45, 7) is 0. The number of nitro groups is 1. The number of rotatable bonds is 11. The summed E-state index contributed by atoms with van der Waals surface area (Å²) in [5.74, 6) is -4.46. The van der Waals surface area contributed by atoms with Crippen molar-refractivity contribution in [3.8, 4) is 0 Å². The number of nitrogens with zero attached hydrogens (tertiary/aromatic N) is 1. The molecule has 44 heteroatoms. The first kappa shape index (κ1) is 93.9. The van der Waals surface area contributed by atoms with Crippen LogP contribution < -0.4 is 204 Å². The topological polar surface area (TPSA) is 505 Å². The smallest absolute Gasteiger partial charge is 0.746 e. The second kappa shape index (κ2) is 45.0. The predicted molar refractivity (Wildman–Crippen MR) is 287 cm³/mol. The molecule has 0 unspecified atom stereocenters. The number of carbonyl (C=O) groups is 4. The second-order valence-electron chi connectivity index (χ2n) is 15.4. The van der Waals surface area contributed by atoms with E-state index in [0.29, 0.717) is 5.69 Å². The van der Waals surface area contributed by atoms with Gasteiger partial charge in [0.15, 0.2) is 0 Å². The van der Waals surface area contributed by atoms with Crippen molar-refractivity contribution in [3.05, 3.63) is 202 Å². The van der Waals surface area contributed by atoms with E-state index in [9.17, 15) is 64.0 Å². The van der Waals surface area contributed by atoms with Crippen molar-refractivity contribution in [1.29, 1.82) is 0 Å². The number of nitrogens with one attached hydrogen (secondary N) is 4. The van der Waals surface area contributed by atoms with E-state index in [1.165, 1.54) is 72.8 Å². The number of fused-ring (bicyclic) bond motifs is 2. The van der Waals surface area contributed by atoms with Gasteiger partial charge in [0.2, 0.25) is 0 Å². The maximum absolute atomic E-state index is 14.4. The summed E-state index contributed by atoms with van der Waals surface area (Å²) >= 11 is 0. The van der Waals surface area contributed by atoms with Gasteiger partial charge in [-0.05, 0) is 82.6 Å². The van der Waals surface area contributed by atoms with Gasteiger partial charge in [0.05, 0.1) is 16.3 Å². The van der Waals surface area contributed by atoms with E-state index >= 15 is 0 Å². The van der Waals surface area contributed by atoms with Gasteiger partial charge in [0.1, 0.15) is 31.9 Å². The van der Waals surface area contributed by atoms with Crippen LogP contribution in [0.1, 0.15) is 41.4 Å². The molecule has 0 aliphatic rings. The van der Waals surface area contributed by atoms with Gasteiger partial charge >= 0.3 is 220 Å². The number of hydrogen-bond acceptors (Lipinski definition) is 25. The molecule has 30 nitrogen and oxygen atoms in total. The van der Waals surface area contributed by atoms with Gasteiger partial charge in [-0.1, -0.05) is 24.3 Å². The molecule has 8 aromatic rings. The zero-order valence-electron chi connectivity index (χ0n) is 47.7. The van der Waals surface area contributed by atoms with Crippen LogP contribution in [0.2, 0.25) is 0 Å². The standard InChI is InChI=1S/C24H14FN3O7S.C24H16FN3O5S.6Na.4O3S/c25-19-9-8-15(13-21(19)27-23(29)14-4-3-5-16(12-14)28(31)32)24(30)26-20-10-11-22(36(33,34)35)18-7-2-1-6-17(18)20;25-19-9-8-15(13-21(19)28-23(29)14-4-3-5-16(26)12-14)24(30)27-20-10-11-22(34(31,32)33)18-7-2-1-6-17(18)20;;;;;;;4*1-4(2)3/h1,3-5,7-13H,(H,26,30)(H,27,29)(H,33,34,35);1,3-5,7-13H,26H2,(H,27,30)(H,28,29)(H,31,32,33);;;;;;;;;;/q2*-2;6*+1;;;;/p-2. The molecule has 450 valence electrons. The van der Waals surface area contributed by atoms with E-state index in [4.69, 9.17) is 56.2 Å². The minimum absolute atomic E-state index is 0. The molecule has 0 aromatic heterocycles. The van der Waals surface area contributed by atoms with Crippen molar-refractivity contribution in [2.75, 3.05) is 27.0 Å². The van der Waals surface area contributed by atoms with Gasteiger partial charge in [-0.25, -0.2) is 47.2 Å². The molecule has 0 saturated carbocycles. The Morgan fingerprint density at radius 2 is 0.750 bits per heavy atom. The van der Waals surface area contributed by atoms with Crippen molar-refractivity contribution in [3.63, 3.8) is 0 Å². The summed E-state index contributed by atoms with van der Waals surface area (Å²) in [4.78, 5) is 59.9. The Morgan fingerprint density at radius 3 is 1.07 bits per heavy atom. The Labute approximate surface area is 657 Å². The number of amides is 4. The van der Waals surface area contributed by atoms with Crippen molar-refractivity contribution in [1.82, 2.24) is 0 Å². The predicted octanol–water partition coefficient (Wildman–Crippen LogP) is -14.5. The monoisotopic (exact) mass is 1440 g/mol. The third-order valence-electron chi connectivity index (χ3n) is 9.92. The fourth-order valence-electron chi connectivity index (χ4n) is 6.66. The molecule has 6 N–H and O–H groups in total. The first-order valence-corrected chi connectivity index (χ1v) is 28.5. The van der Waals surface area contributed by atoms with Crippen molar-refractivity contribution in [2.45, 2.75) is 9.79 Å². The van der Waals surface area contributed by atoms with Gasteiger partial charge in [0, 0.05) is 51.4 Å². The molecule has 8 rings (SSSR count). The maximum atomic E-state index is 14.4. The molecule has 0 heterocycles. The van der Waals surface area contributed by atoms with E-state index in [0.717, 1.165) is 48.5 Å². The fraction of sp³-hybridized carbons (Fsp3) is 0. The first-order valence-electron chi connectivity index (χ1n) is 21.7. The molecule has 0 radical (unpaired) electrons. The average molecular weight is 1440 g/mol. The van der Waals surface area contributed by atoms with Crippen LogP contribution in [0.15, 0.2) is 143 Å². The third kappa shape index (κ3) is 32.3. The van der Waals surface area contributed by atoms with Crippen LogP contribution in [-0.4, -0.2) is 105 Å². The molecule has 0 spiro atoms. The molecule has 92 heavy (non-hydrogen) atoms. The zero-order chi connectivity index (χ0) is 64.8. The summed E-state index contributed by atoms with van der Waals surface area (Å²) in [7, 11) is -22.0. The summed E-state index contributed by atoms with van der Waals surface area (Å²) in [6, 6.07) is 38.1. The largest absolute Gasteiger partial charge is 1.00 e. The number of benzene rings is 8. The maximum Gasteiger partial charge on any atom is 1.00 e. The Hall–Kier alpha value is -4.48. The zero-order valence-corrected chi connectivity index (χ0v) is 64.6. The summed E-state index contributed by atoms with van der Waals surface area (Å²) in [5, 5.41) is 21.1. The number of halogens is 2. The molecule has 0 atom stereocenters. The Kier molecular flexibility index (Phi) is 46.0. The first-order chi connectivity index (χ1) is 40.1. The number of anilines is 5. The van der Waals surface area contributed by atoms with Crippen molar-refractivity contribution < 1.29 is 287 Å².